The number of benzene rings is 1. The summed E-state index contributed by atoms with van der Waals surface area (Å²) in [5, 5.41) is 17.2. The third-order valence-electron chi connectivity index (χ3n) is 4.77. The highest BCUT2D eigenvalue weighted by Crippen LogP contribution is 2.31. The zero-order valence-corrected chi connectivity index (χ0v) is 16.9. The molecule has 1 aliphatic rings. The van der Waals surface area contributed by atoms with E-state index < -0.39 is 5.60 Å². The maximum atomic E-state index is 12.0. The van der Waals surface area contributed by atoms with E-state index in [1.165, 1.54) is 11.1 Å². The van der Waals surface area contributed by atoms with Gasteiger partial charge in [0.25, 0.3) is 0 Å². The van der Waals surface area contributed by atoms with Crippen molar-refractivity contribution in [2.75, 3.05) is 5.32 Å². The molecule has 1 unspecified atom stereocenters. The lowest BCUT2D eigenvalue weighted by molar-refractivity contribution is -0.124. The number of rotatable bonds is 6. The highest BCUT2D eigenvalue weighted by molar-refractivity contribution is 5.88. The van der Waals surface area contributed by atoms with Crippen LogP contribution in [0.2, 0.25) is 0 Å². The van der Waals surface area contributed by atoms with Crippen molar-refractivity contribution in [3.8, 4) is 0 Å². The van der Waals surface area contributed by atoms with Crippen molar-refractivity contribution in [2.24, 2.45) is 0 Å². The quantitative estimate of drug-likeness (QED) is 0.711. The average Bonchev–Trinajstić information content (AvgIpc) is 2.92. The Balaban J connectivity index is 1.65. The Kier molecular flexibility index (Phi) is 5.79. The predicted octanol–water partition coefficient (Wildman–Crippen LogP) is 3.70. The molecule has 0 radical (unpaired) electrons. The Labute approximate surface area is 165 Å². The fraction of sp³-hybridized carbons (Fsp3) is 0.409. The van der Waals surface area contributed by atoms with Gasteiger partial charge in [0.2, 0.25) is 5.91 Å². The summed E-state index contributed by atoms with van der Waals surface area (Å²) in [6.07, 6.45) is 5.47. The fourth-order valence-electron chi connectivity index (χ4n) is 3.56. The summed E-state index contributed by atoms with van der Waals surface area (Å²) < 4.78 is 0. The van der Waals surface area contributed by atoms with Crippen molar-refractivity contribution >= 4 is 22.6 Å². The molecule has 1 heterocycles. The lowest BCUT2D eigenvalue weighted by atomic mass is 10.1. The van der Waals surface area contributed by atoms with Gasteiger partial charge < -0.3 is 15.7 Å². The molecule has 0 saturated carbocycles. The van der Waals surface area contributed by atoms with E-state index in [4.69, 9.17) is 0 Å². The number of hydrogen-bond donors (Lipinski definition) is 3. The van der Waals surface area contributed by atoms with E-state index in [-0.39, 0.29) is 18.4 Å². The summed E-state index contributed by atoms with van der Waals surface area (Å²) in [6, 6.07) is 8.22. The normalized spacial score (nSPS) is 17.9. The number of aromatic nitrogens is 2. The van der Waals surface area contributed by atoms with Gasteiger partial charge in [-0.2, -0.15) is 0 Å². The van der Waals surface area contributed by atoms with Gasteiger partial charge in [0.1, 0.15) is 12.1 Å². The van der Waals surface area contributed by atoms with E-state index in [2.05, 4.69) is 27.5 Å². The summed E-state index contributed by atoms with van der Waals surface area (Å²) >= 11 is 0. The second kappa shape index (κ2) is 8.10. The fourth-order valence-corrected chi connectivity index (χ4v) is 3.56. The van der Waals surface area contributed by atoms with E-state index in [0.717, 1.165) is 35.3 Å². The number of carbonyl (C=O) groups is 1. The summed E-state index contributed by atoms with van der Waals surface area (Å²) in [6.45, 7) is 7.25. The molecule has 3 N–H and O–H groups in total. The molecule has 0 saturated heterocycles. The van der Waals surface area contributed by atoms with Crippen LogP contribution in [0.3, 0.4) is 0 Å². The van der Waals surface area contributed by atoms with Crippen LogP contribution >= 0.6 is 0 Å². The zero-order chi connectivity index (χ0) is 20.3. The molecule has 6 nitrogen and oxygen atoms in total. The number of carbonyl (C=O) groups excluding carboxylic acids is 1. The maximum absolute atomic E-state index is 12.0. The van der Waals surface area contributed by atoms with Crippen LogP contribution in [0.4, 0.5) is 5.82 Å². The summed E-state index contributed by atoms with van der Waals surface area (Å²) in [5.74, 6) is 0.670. The van der Waals surface area contributed by atoms with Crippen LogP contribution in [0, 0.1) is 0 Å². The van der Waals surface area contributed by atoms with Crippen molar-refractivity contribution in [1.82, 2.24) is 15.3 Å². The largest absolute Gasteiger partial charge is 0.390 e. The molecule has 1 aliphatic carbocycles. The minimum atomic E-state index is -1.01. The van der Waals surface area contributed by atoms with Crippen molar-refractivity contribution in [2.45, 2.75) is 58.6 Å². The first-order chi connectivity index (χ1) is 13.2. The molecule has 148 valence electrons. The van der Waals surface area contributed by atoms with E-state index in [1.807, 2.05) is 37.3 Å². The number of nitrogens with one attached hydrogen (secondary N) is 2. The molecule has 1 aromatic heterocycles. The van der Waals surface area contributed by atoms with Gasteiger partial charge in [-0.05, 0) is 64.3 Å². The minimum absolute atomic E-state index is 0.0706. The summed E-state index contributed by atoms with van der Waals surface area (Å²) in [4.78, 5) is 20.7. The number of amides is 1. The molecule has 1 amide bonds. The molecule has 0 spiro atoms. The number of allylic oxidation sites excluding steroid dienone is 2. The van der Waals surface area contributed by atoms with Crippen molar-refractivity contribution < 1.29 is 9.90 Å². The van der Waals surface area contributed by atoms with Gasteiger partial charge in [-0.1, -0.05) is 17.7 Å². The molecule has 1 atom stereocenters. The third kappa shape index (κ3) is 5.16. The molecular weight excluding hydrogens is 352 g/mol. The molecule has 2 aromatic rings. The zero-order valence-electron chi connectivity index (χ0n) is 16.9. The SMILES string of the molecule is CC1=C(/C=C(\C)NC(=O)CC(C)(C)O)CC(Nc2ncnc3ccccc23)C1. The molecule has 1 aromatic carbocycles. The minimum Gasteiger partial charge on any atom is -0.390 e. The van der Waals surface area contributed by atoms with Gasteiger partial charge in [-0.25, -0.2) is 9.97 Å². The number of nitrogens with zero attached hydrogens (tertiary/aromatic N) is 2. The first-order valence-corrected chi connectivity index (χ1v) is 9.57. The number of anilines is 1. The van der Waals surface area contributed by atoms with E-state index in [1.54, 1.807) is 20.2 Å². The Bertz CT molecular complexity index is 936. The number of para-hydroxylation sites is 1. The van der Waals surface area contributed by atoms with Gasteiger partial charge in [-0.3, -0.25) is 4.79 Å². The smallest absolute Gasteiger partial charge is 0.226 e. The Hall–Kier alpha value is -2.73. The van der Waals surface area contributed by atoms with Gasteiger partial charge in [-0.15, -0.1) is 0 Å². The Morgan fingerprint density at radius 1 is 1.29 bits per heavy atom. The van der Waals surface area contributed by atoms with Crippen LogP contribution in [0.25, 0.3) is 10.9 Å². The second-order valence-corrected chi connectivity index (χ2v) is 8.16. The Morgan fingerprint density at radius 2 is 2.04 bits per heavy atom. The second-order valence-electron chi connectivity index (χ2n) is 8.16. The third-order valence-corrected chi connectivity index (χ3v) is 4.77. The van der Waals surface area contributed by atoms with Crippen molar-refractivity contribution in [3.63, 3.8) is 0 Å². The van der Waals surface area contributed by atoms with Crippen molar-refractivity contribution in [1.29, 1.82) is 0 Å². The first kappa shape index (κ1) is 20.0. The molecule has 28 heavy (non-hydrogen) atoms. The molecule has 0 aliphatic heterocycles. The van der Waals surface area contributed by atoms with Gasteiger partial charge in [0.05, 0.1) is 17.5 Å². The van der Waals surface area contributed by atoms with E-state index in [0.29, 0.717) is 0 Å². The lowest BCUT2D eigenvalue weighted by Crippen LogP contribution is -2.31. The van der Waals surface area contributed by atoms with Crippen LogP contribution in [0.15, 0.2) is 53.5 Å². The standard InChI is InChI=1S/C22H28N4O2/c1-14-9-17(26-21-18-7-5-6-8-19(18)23-13-24-21)11-16(14)10-15(2)25-20(27)12-22(3,4)28/h5-8,10,13,17,28H,9,11-12H2,1-4H3,(H,25,27)(H,23,24,26)/b15-10+. The summed E-state index contributed by atoms with van der Waals surface area (Å²) in [5.41, 5.74) is 3.22. The van der Waals surface area contributed by atoms with Crippen LogP contribution in [-0.4, -0.2) is 32.6 Å². The summed E-state index contributed by atoms with van der Waals surface area (Å²) in [7, 11) is 0. The van der Waals surface area contributed by atoms with Crippen molar-refractivity contribution in [3.05, 3.63) is 53.5 Å². The van der Waals surface area contributed by atoms with Crippen LogP contribution < -0.4 is 10.6 Å². The van der Waals surface area contributed by atoms with Gasteiger partial charge in [0, 0.05) is 17.1 Å². The first-order valence-electron chi connectivity index (χ1n) is 9.57. The number of aliphatic hydroxyl groups is 1. The molecule has 3 rings (SSSR count). The van der Waals surface area contributed by atoms with Crippen LogP contribution in [-0.2, 0) is 4.79 Å². The maximum Gasteiger partial charge on any atom is 0.226 e. The molecule has 0 bridgehead atoms. The highest BCUT2D eigenvalue weighted by Gasteiger charge is 2.22. The highest BCUT2D eigenvalue weighted by atomic mass is 16.3. The molecular formula is C22H28N4O2. The predicted molar refractivity (Wildman–Crippen MR) is 112 cm³/mol. The average molecular weight is 380 g/mol. The van der Waals surface area contributed by atoms with Crippen LogP contribution in [0.5, 0.6) is 0 Å². The molecule has 6 heteroatoms. The monoisotopic (exact) mass is 380 g/mol. The van der Waals surface area contributed by atoms with Gasteiger partial charge in [0.15, 0.2) is 0 Å². The van der Waals surface area contributed by atoms with Gasteiger partial charge >= 0.3 is 0 Å². The Morgan fingerprint density at radius 3 is 2.79 bits per heavy atom. The lowest BCUT2D eigenvalue weighted by Gasteiger charge is -2.16. The number of fused-ring (bicyclic) bond motifs is 1. The molecule has 0 fully saturated rings. The van der Waals surface area contributed by atoms with E-state index >= 15 is 0 Å². The number of hydrogen-bond acceptors (Lipinski definition) is 5. The van der Waals surface area contributed by atoms with Crippen LogP contribution in [0.1, 0.15) is 47.0 Å². The topological polar surface area (TPSA) is 87.1 Å². The van der Waals surface area contributed by atoms with E-state index in [9.17, 15) is 9.90 Å².